The van der Waals surface area contributed by atoms with Crippen LogP contribution in [0.25, 0.3) is 22.3 Å². The van der Waals surface area contributed by atoms with Gasteiger partial charge >= 0.3 is 12.2 Å². The van der Waals surface area contributed by atoms with Gasteiger partial charge < -0.3 is 44.6 Å². The summed E-state index contributed by atoms with van der Waals surface area (Å²) in [6.07, 6.45) is 3.39. The smallest absolute Gasteiger partial charge is 0.407 e. The molecule has 310 valence electrons. The highest BCUT2D eigenvalue weighted by atomic mass is 16.5. The van der Waals surface area contributed by atoms with Gasteiger partial charge in [0, 0.05) is 30.7 Å². The molecule has 0 unspecified atom stereocenters. The molecular formula is C44H52N8O7. The maximum Gasteiger partial charge on any atom is 0.407 e. The summed E-state index contributed by atoms with van der Waals surface area (Å²) in [5.41, 5.74) is 5.34. The molecule has 4 amide bonds. The Morgan fingerprint density at radius 2 is 1.53 bits per heavy atom. The average molecular weight is 805 g/mol. The molecule has 3 aliphatic heterocycles. The van der Waals surface area contributed by atoms with Crippen molar-refractivity contribution in [3.8, 4) is 23.1 Å². The fraction of sp³-hybridized carbons (Fsp3) is 0.455. The van der Waals surface area contributed by atoms with Crippen LogP contribution >= 0.6 is 0 Å². The number of amides is 4. The molecule has 3 fully saturated rings. The van der Waals surface area contributed by atoms with Crippen molar-refractivity contribution in [2.75, 3.05) is 33.9 Å². The Labute approximate surface area is 343 Å². The standard InChI is InChI=1S/C44H52N8O7/c1-25(2)36(49-42(55)57-6)40(53)51-23-27(5)19-34(51)38-45-22-33(48-38)30-14-11-28(12-15-30)9-10-29-13-16-31-32(20-29)47-39(46-31)35-21-44(17-8-18-59-44)24-52(35)41(54)37(26(3)4)50-43(56)58-7/h11-16,20,22,25-26,34-37H,5,8,17-19,21,23-24H2,1-4,6-7H3,(H,45,48)(H,46,47)(H,49,55)(H,50,56)/t34-,35-,36-,37-,44-/m0/s1. The number of rotatable bonds is 9. The van der Waals surface area contributed by atoms with Crippen LogP contribution in [0.4, 0.5) is 9.59 Å². The monoisotopic (exact) mass is 804 g/mol. The number of nitrogens with one attached hydrogen (secondary N) is 4. The van der Waals surface area contributed by atoms with Crippen molar-refractivity contribution in [1.82, 2.24) is 40.4 Å². The van der Waals surface area contributed by atoms with Gasteiger partial charge in [0.1, 0.15) is 23.7 Å². The van der Waals surface area contributed by atoms with Gasteiger partial charge in [-0.25, -0.2) is 19.6 Å². The summed E-state index contributed by atoms with van der Waals surface area (Å²) in [7, 11) is 2.56. The van der Waals surface area contributed by atoms with E-state index in [0.717, 1.165) is 51.8 Å². The summed E-state index contributed by atoms with van der Waals surface area (Å²) in [5.74, 6) is 7.11. The lowest BCUT2D eigenvalue weighted by Crippen LogP contribution is -2.51. The maximum atomic E-state index is 14.0. The molecule has 15 heteroatoms. The van der Waals surface area contributed by atoms with Crippen molar-refractivity contribution in [3.63, 3.8) is 0 Å². The largest absolute Gasteiger partial charge is 0.453 e. The van der Waals surface area contributed by atoms with Crippen LogP contribution < -0.4 is 10.6 Å². The van der Waals surface area contributed by atoms with Crippen molar-refractivity contribution in [3.05, 3.63) is 83.6 Å². The van der Waals surface area contributed by atoms with Gasteiger partial charge in [0.25, 0.3) is 0 Å². The van der Waals surface area contributed by atoms with E-state index in [-0.39, 0.29) is 35.7 Å². The van der Waals surface area contributed by atoms with Gasteiger partial charge in [-0.3, -0.25) is 9.59 Å². The second kappa shape index (κ2) is 17.0. The fourth-order valence-corrected chi connectivity index (χ4v) is 8.29. The summed E-state index contributed by atoms with van der Waals surface area (Å²) in [6.45, 7) is 13.1. The number of aromatic amines is 2. The summed E-state index contributed by atoms with van der Waals surface area (Å²) in [6, 6.07) is 11.4. The fourth-order valence-electron chi connectivity index (χ4n) is 8.29. The predicted octanol–water partition coefficient (Wildman–Crippen LogP) is 5.77. The first-order valence-electron chi connectivity index (χ1n) is 20.1. The number of ether oxygens (including phenoxy) is 3. The summed E-state index contributed by atoms with van der Waals surface area (Å²) in [5, 5.41) is 5.40. The second-order valence-electron chi connectivity index (χ2n) is 16.3. The minimum absolute atomic E-state index is 0.152. The number of H-pyrrole nitrogens is 2. The molecule has 2 aromatic heterocycles. The highest BCUT2D eigenvalue weighted by Crippen LogP contribution is 2.45. The number of alkyl carbamates (subject to hydrolysis) is 2. The molecule has 4 N–H and O–H groups in total. The Hall–Kier alpha value is -6.14. The quantitative estimate of drug-likeness (QED) is 0.121. The molecule has 59 heavy (non-hydrogen) atoms. The number of hydrogen-bond acceptors (Lipinski definition) is 9. The Morgan fingerprint density at radius 1 is 0.881 bits per heavy atom. The summed E-state index contributed by atoms with van der Waals surface area (Å²) >= 11 is 0. The van der Waals surface area contributed by atoms with Crippen molar-refractivity contribution >= 4 is 35.0 Å². The third-order valence-electron chi connectivity index (χ3n) is 11.5. The number of likely N-dealkylation sites (tertiary alicyclic amines) is 2. The number of methoxy groups -OCH3 is 2. The van der Waals surface area contributed by atoms with Crippen LogP contribution in [0.15, 0.2) is 60.8 Å². The third-order valence-corrected chi connectivity index (χ3v) is 11.5. The van der Waals surface area contributed by atoms with E-state index in [1.54, 1.807) is 16.0 Å². The molecule has 5 atom stereocenters. The van der Waals surface area contributed by atoms with Gasteiger partial charge in [0.2, 0.25) is 11.8 Å². The van der Waals surface area contributed by atoms with E-state index >= 15 is 0 Å². The molecule has 4 aromatic rings. The van der Waals surface area contributed by atoms with Crippen LogP contribution in [0.3, 0.4) is 0 Å². The zero-order valence-electron chi connectivity index (χ0n) is 34.4. The molecule has 3 aliphatic rings. The average Bonchev–Trinajstić information content (AvgIpc) is 4.08. The number of benzene rings is 2. The number of nitrogens with zero attached hydrogens (tertiary/aromatic N) is 4. The Bertz CT molecular complexity index is 2300. The third kappa shape index (κ3) is 8.68. The first-order chi connectivity index (χ1) is 28.3. The van der Waals surface area contributed by atoms with Crippen LogP contribution in [0.1, 0.15) is 88.2 Å². The van der Waals surface area contributed by atoms with Gasteiger partial charge in [-0.1, -0.05) is 63.8 Å². The summed E-state index contributed by atoms with van der Waals surface area (Å²) in [4.78, 5) is 71.8. The second-order valence-corrected chi connectivity index (χ2v) is 16.3. The van der Waals surface area contributed by atoms with E-state index in [1.807, 2.05) is 70.2 Å². The number of carbonyl (C=O) groups is 4. The van der Waals surface area contributed by atoms with Gasteiger partial charge in [-0.15, -0.1) is 0 Å². The molecule has 3 saturated heterocycles. The van der Waals surface area contributed by atoms with E-state index < -0.39 is 29.9 Å². The van der Waals surface area contributed by atoms with Crippen LogP contribution in [0, 0.1) is 23.7 Å². The Morgan fingerprint density at radius 3 is 2.15 bits per heavy atom. The Kier molecular flexibility index (Phi) is 11.8. The molecule has 1 spiro atoms. The number of imidazole rings is 2. The zero-order valence-corrected chi connectivity index (χ0v) is 34.4. The van der Waals surface area contributed by atoms with Crippen LogP contribution in [0.2, 0.25) is 0 Å². The first kappa shape index (κ1) is 41.0. The van der Waals surface area contributed by atoms with Crippen molar-refractivity contribution < 1.29 is 33.4 Å². The minimum atomic E-state index is -0.762. The number of hydrogen-bond donors (Lipinski definition) is 4. The molecule has 7 rings (SSSR count). The lowest BCUT2D eigenvalue weighted by molar-refractivity contribution is -0.136. The molecule has 15 nitrogen and oxygen atoms in total. The lowest BCUT2D eigenvalue weighted by Gasteiger charge is -2.30. The SMILES string of the molecule is C=C1C[C@@H](c2ncc(-c3ccc(C#Cc4ccc5nc([C@@H]6C[C@@]7(CCCO7)CN6C(=O)[C@@H](NC(=O)OC)C(C)C)[nH]c5c4)cc3)[nH]2)N(C(=O)[C@@H](NC(=O)OC)C(C)C)C1. The molecular weight excluding hydrogens is 753 g/mol. The molecule has 0 saturated carbocycles. The van der Waals surface area contributed by atoms with Crippen LogP contribution in [-0.2, 0) is 23.8 Å². The number of fused-ring (bicyclic) bond motifs is 1. The Balaban J connectivity index is 1.05. The van der Waals surface area contributed by atoms with Crippen LogP contribution in [-0.4, -0.2) is 105 Å². The number of carbonyl (C=O) groups excluding carboxylic acids is 4. The van der Waals surface area contributed by atoms with Gasteiger partial charge in [0.05, 0.1) is 61.4 Å². The van der Waals surface area contributed by atoms with Crippen LogP contribution in [0.5, 0.6) is 0 Å². The topological polar surface area (TPSA) is 184 Å². The molecule has 0 radical (unpaired) electrons. The van der Waals surface area contributed by atoms with Crippen molar-refractivity contribution in [2.45, 2.75) is 83.1 Å². The highest BCUT2D eigenvalue weighted by molar-refractivity contribution is 5.88. The van der Waals surface area contributed by atoms with E-state index in [1.165, 1.54) is 14.2 Å². The molecule has 2 aromatic carbocycles. The molecule has 0 aliphatic carbocycles. The first-order valence-corrected chi connectivity index (χ1v) is 20.1. The molecule has 5 heterocycles. The number of aromatic nitrogens is 4. The molecule has 0 bridgehead atoms. The lowest BCUT2D eigenvalue weighted by atomic mass is 9.96. The van der Waals surface area contributed by atoms with Gasteiger partial charge in [0.15, 0.2) is 0 Å². The van der Waals surface area contributed by atoms with E-state index in [9.17, 15) is 19.2 Å². The summed E-state index contributed by atoms with van der Waals surface area (Å²) < 4.78 is 15.8. The van der Waals surface area contributed by atoms with Crippen molar-refractivity contribution in [1.29, 1.82) is 0 Å². The van der Waals surface area contributed by atoms with Gasteiger partial charge in [-0.2, -0.15) is 0 Å². The van der Waals surface area contributed by atoms with E-state index in [4.69, 9.17) is 19.2 Å². The zero-order chi connectivity index (χ0) is 42.0. The van der Waals surface area contributed by atoms with Crippen molar-refractivity contribution in [2.24, 2.45) is 11.8 Å². The normalized spacial score (nSPS) is 21.2. The highest BCUT2D eigenvalue weighted by Gasteiger charge is 2.51. The van der Waals surface area contributed by atoms with Gasteiger partial charge in [-0.05, 0) is 67.0 Å². The van der Waals surface area contributed by atoms with E-state index in [2.05, 4.69) is 44.0 Å². The minimum Gasteiger partial charge on any atom is -0.453 e. The van der Waals surface area contributed by atoms with E-state index in [0.29, 0.717) is 44.2 Å². The maximum absolute atomic E-state index is 14.0. The predicted molar refractivity (Wildman–Crippen MR) is 220 cm³/mol.